The van der Waals surface area contributed by atoms with E-state index in [0.29, 0.717) is 12.8 Å². The third kappa shape index (κ3) is 39.5. The van der Waals surface area contributed by atoms with Gasteiger partial charge in [0.15, 0.2) is 6.10 Å². The molecule has 0 spiro atoms. The summed E-state index contributed by atoms with van der Waals surface area (Å²) in [5, 5.41) is 0. The summed E-state index contributed by atoms with van der Waals surface area (Å²) in [6.07, 6.45) is 44.3. The van der Waals surface area contributed by atoms with Crippen molar-refractivity contribution < 1.29 is 37.6 Å². The molecular weight excluding hydrogens is 689 g/mol. The zero-order valence-corrected chi connectivity index (χ0v) is 34.6. The topological polar surface area (TPSA) is 134 Å². The van der Waals surface area contributed by atoms with Crippen LogP contribution < -0.4 is 5.73 Å². The van der Waals surface area contributed by atoms with Crippen molar-refractivity contribution in [1.82, 2.24) is 0 Å². The Kier molecular flexibility index (Phi) is 38.1. The van der Waals surface area contributed by atoms with Gasteiger partial charge in [-0.25, -0.2) is 4.57 Å². The zero-order valence-electron chi connectivity index (χ0n) is 33.7. The van der Waals surface area contributed by atoms with Crippen LogP contribution in [0.4, 0.5) is 0 Å². The molecule has 53 heavy (non-hydrogen) atoms. The first-order valence-electron chi connectivity index (χ1n) is 21.1. The van der Waals surface area contributed by atoms with Gasteiger partial charge in [-0.2, -0.15) is 0 Å². The molecule has 10 heteroatoms. The summed E-state index contributed by atoms with van der Waals surface area (Å²) in [6.45, 7) is 3.64. The highest BCUT2D eigenvalue weighted by atomic mass is 31.2. The third-order valence-corrected chi connectivity index (χ3v) is 9.70. The van der Waals surface area contributed by atoms with Crippen LogP contribution in [0.25, 0.3) is 0 Å². The van der Waals surface area contributed by atoms with Crippen LogP contribution >= 0.6 is 7.82 Å². The number of esters is 2. The van der Waals surface area contributed by atoms with E-state index in [-0.39, 0.29) is 32.6 Å². The largest absolute Gasteiger partial charge is 0.472 e. The summed E-state index contributed by atoms with van der Waals surface area (Å²) >= 11 is 0. The van der Waals surface area contributed by atoms with Crippen molar-refractivity contribution in [3.63, 3.8) is 0 Å². The second-order valence-corrected chi connectivity index (χ2v) is 15.3. The molecule has 9 nitrogen and oxygen atoms in total. The minimum Gasteiger partial charge on any atom is -0.462 e. The van der Waals surface area contributed by atoms with Crippen molar-refractivity contribution in [2.24, 2.45) is 5.73 Å². The normalized spacial score (nSPS) is 13.8. The Balaban J connectivity index is 4.26. The molecule has 0 heterocycles. The molecule has 0 fully saturated rings. The van der Waals surface area contributed by atoms with Gasteiger partial charge in [0, 0.05) is 19.4 Å². The number of hydrogen-bond acceptors (Lipinski definition) is 8. The Hall–Kier alpha value is -2.03. The molecule has 1 unspecified atom stereocenters. The van der Waals surface area contributed by atoms with E-state index in [2.05, 4.69) is 56.4 Å². The predicted molar refractivity (Wildman–Crippen MR) is 220 cm³/mol. The Morgan fingerprint density at radius 3 is 1.51 bits per heavy atom. The number of phosphoric ester groups is 1. The van der Waals surface area contributed by atoms with Crippen molar-refractivity contribution in [2.45, 2.75) is 187 Å². The number of phosphoric acid groups is 1. The standard InChI is InChI=1S/C43H78NO8P/c1-3-5-7-9-11-13-15-17-19-20-22-24-26-28-30-32-34-36-43(46)52-41(40-51-53(47,48)50-38-37-44)39-49-42(45)35-33-31-29-27-25-23-21-18-16-14-12-10-8-6-4-2/h11,13,17,19,22,24,28,30,41H,3-10,12,14-16,18,20-21,23,25-27,29,31-40,44H2,1-2H3,(H,47,48)/b13-11-,19-17+,24-22+,30-28+/t41-/m1/s1. The molecule has 0 aromatic heterocycles. The average molecular weight is 768 g/mol. The maximum absolute atomic E-state index is 12.5. The van der Waals surface area contributed by atoms with Crippen LogP contribution in [-0.4, -0.2) is 49.3 Å². The van der Waals surface area contributed by atoms with Crippen LogP contribution in [-0.2, 0) is 32.7 Å². The quantitative estimate of drug-likeness (QED) is 0.0271. The fourth-order valence-electron chi connectivity index (χ4n) is 5.57. The molecule has 0 aliphatic heterocycles. The van der Waals surface area contributed by atoms with Crippen molar-refractivity contribution in [3.05, 3.63) is 48.6 Å². The van der Waals surface area contributed by atoms with E-state index in [1.165, 1.54) is 103 Å². The average Bonchev–Trinajstić information content (AvgIpc) is 3.14. The second kappa shape index (κ2) is 39.7. The Morgan fingerprint density at radius 2 is 1.00 bits per heavy atom. The number of ether oxygens (including phenoxy) is 2. The molecule has 0 saturated carbocycles. The summed E-state index contributed by atoms with van der Waals surface area (Å²) in [6, 6.07) is 0. The van der Waals surface area contributed by atoms with Crippen LogP contribution in [0.5, 0.6) is 0 Å². The van der Waals surface area contributed by atoms with E-state index in [0.717, 1.165) is 38.5 Å². The first-order chi connectivity index (χ1) is 25.8. The summed E-state index contributed by atoms with van der Waals surface area (Å²) in [7, 11) is -4.39. The lowest BCUT2D eigenvalue weighted by Gasteiger charge is -2.19. The van der Waals surface area contributed by atoms with Gasteiger partial charge in [0.25, 0.3) is 0 Å². The summed E-state index contributed by atoms with van der Waals surface area (Å²) in [5.41, 5.74) is 5.34. The van der Waals surface area contributed by atoms with E-state index in [4.69, 9.17) is 24.3 Å². The van der Waals surface area contributed by atoms with E-state index in [9.17, 15) is 19.0 Å². The van der Waals surface area contributed by atoms with Gasteiger partial charge in [-0.1, -0.05) is 165 Å². The maximum Gasteiger partial charge on any atom is 0.472 e. The SMILES string of the molecule is CCCCC/C=C\C/C=C/C/C=C/C/C=C/CCCC(=O)O[C@H](COC(=O)CCCCCCCCCCCCCCCCC)COP(=O)(O)OCCN. The fourth-order valence-corrected chi connectivity index (χ4v) is 6.33. The lowest BCUT2D eigenvalue weighted by molar-refractivity contribution is -0.161. The van der Waals surface area contributed by atoms with Gasteiger partial charge in [0.05, 0.1) is 13.2 Å². The minimum absolute atomic E-state index is 0.0443. The fraction of sp³-hybridized carbons (Fsp3) is 0.767. The molecule has 0 rings (SSSR count). The molecular formula is C43H78NO8P. The minimum atomic E-state index is -4.39. The molecule has 0 aromatic carbocycles. The van der Waals surface area contributed by atoms with Crippen molar-refractivity contribution in [2.75, 3.05) is 26.4 Å². The molecule has 3 N–H and O–H groups in total. The van der Waals surface area contributed by atoms with Gasteiger partial charge in [-0.05, 0) is 51.4 Å². The molecule has 2 atom stereocenters. The van der Waals surface area contributed by atoms with Gasteiger partial charge in [0.1, 0.15) is 6.61 Å². The molecule has 0 saturated heterocycles. The highest BCUT2D eigenvalue weighted by Crippen LogP contribution is 2.43. The Labute approximate surface area is 324 Å². The molecule has 0 radical (unpaired) electrons. The first kappa shape index (κ1) is 51.0. The molecule has 0 amide bonds. The van der Waals surface area contributed by atoms with E-state index < -0.39 is 32.5 Å². The first-order valence-corrected chi connectivity index (χ1v) is 22.6. The number of carbonyl (C=O) groups is 2. The van der Waals surface area contributed by atoms with Crippen molar-refractivity contribution >= 4 is 19.8 Å². The van der Waals surface area contributed by atoms with Crippen molar-refractivity contribution in [3.8, 4) is 0 Å². The second-order valence-electron chi connectivity index (χ2n) is 13.9. The number of rotatable bonds is 39. The summed E-state index contributed by atoms with van der Waals surface area (Å²) < 4.78 is 32.7. The number of nitrogens with two attached hydrogens (primary N) is 1. The van der Waals surface area contributed by atoms with Crippen molar-refractivity contribution in [1.29, 1.82) is 0 Å². The Bertz CT molecular complexity index is 1010. The van der Waals surface area contributed by atoms with E-state index in [1.807, 2.05) is 6.08 Å². The van der Waals surface area contributed by atoms with Crippen LogP contribution in [0.1, 0.15) is 181 Å². The number of hydrogen-bond donors (Lipinski definition) is 2. The predicted octanol–water partition coefficient (Wildman–Crippen LogP) is 11.9. The maximum atomic E-state index is 12.5. The zero-order chi connectivity index (χ0) is 38.9. The summed E-state index contributed by atoms with van der Waals surface area (Å²) in [4.78, 5) is 34.8. The molecule has 308 valence electrons. The lowest BCUT2D eigenvalue weighted by atomic mass is 10.0. The Morgan fingerprint density at radius 1 is 0.566 bits per heavy atom. The van der Waals surface area contributed by atoms with Crippen LogP contribution in [0.3, 0.4) is 0 Å². The molecule has 0 aromatic rings. The number of carbonyl (C=O) groups excluding carboxylic acids is 2. The smallest absolute Gasteiger partial charge is 0.462 e. The molecule has 0 aliphatic rings. The highest BCUT2D eigenvalue weighted by Gasteiger charge is 2.25. The highest BCUT2D eigenvalue weighted by molar-refractivity contribution is 7.47. The van der Waals surface area contributed by atoms with Gasteiger partial charge >= 0.3 is 19.8 Å². The molecule has 0 aliphatic carbocycles. The van der Waals surface area contributed by atoms with E-state index in [1.54, 1.807) is 0 Å². The molecule has 0 bridgehead atoms. The van der Waals surface area contributed by atoms with Crippen LogP contribution in [0, 0.1) is 0 Å². The van der Waals surface area contributed by atoms with Gasteiger partial charge in [-0.15, -0.1) is 0 Å². The van der Waals surface area contributed by atoms with Crippen LogP contribution in [0.2, 0.25) is 0 Å². The number of allylic oxidation sites excluding steroid dienone is 8. The van der Waals surface area contributed by atoms with Gasteiger partial charge < -0.3 is 20.1 Å². The van der Waals surface area contributed by atoms with Gasteiger partial charge in [-0.3, -0.25) is 18.6 Å². The third-order valence-electron chi connectivity index (χ3n) is 8.72. The monoisotopic (exact) mass is 768 g/mol. The van der Waals surface area contributed by atoms with Crippen LogP contribution in [0.15, 0.2) is 48.6 Å². The van der Waals surface area contributed by atoms with Gasteiger partial charge in [0.2, 0.25) is 0 Å². The summed E-state index contributed by atoms with van der Waals surface area (Å²) in [5.74, 6) is -0.892. The number of unbranched alkanes of at least 4 members (excludes halogenated alkanes) is 18. The lowest BCUT2D eigenvalue weighted by Crippen LogP contribution is -2.29. The van der Waals surface area contributed by atoms with E-state index >= 15 is 0 Å².